The summed E-state index contributed by atoms with van der Waals surface area (Å²) in [5.74, 6) is -3.50. The Morgan fingerprint density at radius 1 is 1.19 bits per heavy atom. The average Bonchev–Trinajstić information content (AvgIpc) is 3.19. The summed E-state index contributed by atoms with van der Waals surface area (Å²) in [7, 11) is 0. The molecule has 5 rings (SSSR count). The Hall–Kier alpha value is -3.59. The number of rotatable bonds is 7. The number of aromatic amines is 1. The Labute approximate surface area is 181 Å². The molecule has 1 unspecified atom stereocenters. The Balaban J connectivity index is 1.22. The van der Waals surface area contributed by atoms with Crippen LogP contribution in [-0.2, 0) is 13.1 Å². The summed E-state index contributed by atoms with van der Waals surface area (Å²) >= 11 is 0. The van der Waals surface area contributed by atoms with Crippen LogP contribution in [0.3, 0.4) is 0 Å². The fourth-order valence-corrected chi connectivity index (χ4v) is 3.75. The maximum Gasteiger partial charge on any atom is 0.270 e. The predicted molar refractivity (Wildman–Crippen MR) is 116 cm³/mol. The van der Waals surface area contributed by atoms with E-state index in [0.717, 1.165) is 22.2 Å². The zero-order chi connectivity index (χ0) is 22.3. The first-order valence-corrected chi connectivity index (χ1v) is 10.3. The zero-order valence-electron chi connectivity index (χ0n) is 17.1. The number of fused-ring (bicyclic) bond motifs is 2. The van der Waals surface area contributed by atoms with Crippen LogP contribution in [0, 0.1) is 5.92 Å². The van der Waals surface area contributed by atoms with E-state index in [0.29, 0.717) is 18.7 Å². The third kappa shape index (κ3) is 4.11. The fraction of sp³-hybridized carbons (Fsp3) is 0.261. The van der Waals surface area contributed by atoms with Crippen LogP contribution in [0.25, 0.3) is 16.6 Å². The molecular weight excluding hydrogens is 416 g/mol. The molecule has 1 aromatic carbocycles. The third-order valence-corrected chi connectivity index (χ3v) is 5.66. The summed E-state index contributed by atoms with van der Waals surface area (Å²) < 4.78 is 27.3. The molecule has 4 aromatic rings. The van der Waals surface area contributed by atoms with Crippen LogP contribution in [-0.4, -0.2) is 32.7 Å². The van der Waals surface area contributed by atoms with Crippen molar-refractivity contribution >= 4 is 22.5 Å². The lowest BCUT2D eigenvalue weighted by Crippen LogP contribution is -2.26. The number of amides is 1. The highest BCUT2D eigenvalue weighted by Crippen LogP contribution is 2.47. The van der Waals surface area contributed by atoms with Gasteiger partial charge in [0.05, 0.1) is 0 Å². The number of alkyl halides is 2. The fourth-order valence-electron chi connectivity index (χ4n) is 3.75. The molecule has 0 saturated heterocycles. The van der Waals surface area contributed by atoms with Gasteiger partial charge in [-0.15, -0.1) is 0 Å². The van der Waals surface area contributed by atoms with Gasteiger partial charge in [0, 0.05) is 55.4 Å². The highest BCUT2D eigenvalue weighted by atomic mass is 19.3. The highest BCUT2D eigenvalue weighted by molar-refractivity contribution is 5.92. The molecule has 0 radical (unpaired) electrons. The molecule has 32 heavy (non-hydrogen) atoms. The number of carbonyl (C=O) groups is 1. The van der Waals surface area contributed by atoms with Crippen molar-refractivity contribution in [3.05, 3.63) is 82.0 Å². The first kappa shape index (κ1) is 20.3. The molecule has 164 valence electrons. The largest absolute Gasteiger partial charge is 0.357 e. The van der Waals surface area contributed by atoms with Crippen LogP contribution in [0.15, 0.2) is 59.5 Å². The van der Waals surface area contributed by atoms with E-state index in [1.54, 1.807) is 24.4 Å². The van der Waals surface area contributed by atoms with E-state index in [1.165, 1.54) is 10.5 Å². The molecule has 0 aliphatic heterocycles. The Kier molecular flexibility index (Phi) is 4.97. The summed E-state index contributed by atoms with van der Waals surface area (Å²) in [6, 6.07) is 14.1. The number of carbonyl (C=O) groups excluding carboxylic acids is 1. The average molecular weight is 437 g/mol. The number of halogens is 2. The predicted octanol–water partition coefficient (Wildman–Crippen LogP) is 2.85. The van der Waals surface area contributed by atoms with E-state index < -0.39 is 17.7 Å². The number of nitrogens with zero attached hydrogens (tertiary/aromatic N) is 2. The van der Waals surface area contributed by atoms with Crippen LogP contribution in [0.4, 0.5) is 8.78 Å². The molecule has 3 N–H and O–H groups in total. The van der Waals surface area contributed by atoms with Gasteiger partial charge in [-0.3, -0.25) is 14.0 Å². The Morgan fingerprint density at radius 2 is 2.03 bits per heavy atom. The molecule has 3 heterocycles. The van der Waals surface area contributed by atoms with E-state index in [9.17, 15) is 18.4 Å². The van der Waals surface area contributed by atoms with Crippen molar-refractivity contribution in [2.45, 2.75) is 25.4 Å². The van der Waals surface area contributed by atoms with Gasteiger partial charge in [0.25, 0.3) is 17.4 Å². The molecule has 1 fully saturated rings. The molecule has 3 aromatic heterocycles. The van der Waals surface area contributed by atoms with E-state index >= 15 is 0 Å². The summed E-state index contributed by atoms with van der Waals surface area (Å²) in [4.78, 5) is 32.2. The normalized spacial score (nSPS) is 17.0. The smallest absolute Gasteiger partial charge is 0.270 e. The summed E-state index contributed by atoms with van der Waals surface area (Å²) in [6.45, 7) is 1.05. The molecule has 1 amide bonds. The van der Waals surface area contributed by atoms with E-state index in [4.69, 9.17) is 0 Å². The van der Waals surface area contributed by atoms with Crippen molar-refractivity contribution in [1.82, 2.24) is 25.0 Å². The topological polar surface area (TPSA) is 91.3 Å². The number of H-pyrrole nitrogens is 1. The molecule has 0 bridgehead atoms. The quantitative estimate of drug-likeness (QED) is 0.415. The lowest BCUT2D eigenvalue weighted by molar-refractivity contribution is 0.0944. The van der Waals surface area contributed by atoms with E-state index in [1.807, 2.05) is 24.3 Å². The van der Waals surface area contributed by atoms with E-state index in [-0.39, 0.29) is 24.2 Å². The molecule has 0 spiro atoms. The summed E-state index contributed by atoms with van der Waals surface area (Å²) in [5.41, 5.74) is 2.84. The lowest BCUT2D eigenvalue weighted by atomic mass is 10.1. The van der Waals surface area contributed by atoms with Gasteiger partial charge in [-0.25, -0.2) is 13.8 Å². The minimum absolute atomic E-state index is 0.0362. The maximum absolute atomic E-state index is 13.0. The number of hydrogen-bond donors (Lipinski definition) is 3. The van der Waals surface area contributed by atoms with Crippen molar-refractivity contribution in [2.75, 3.05) is 6.54 Å². The monoisotopic (exact) mass is 437 g/mol. The highest BCUT2D eigenvalue weighted by Gasteiger charge is 2.56. The van der Waals surface area contributed by atoms with Gasteiger partial charge in [0.2, 0.25) is 0 Å². The van der Waals surface area contributed by atoms with E-state index in [2.05, 4.69) is 20.6 Å². The Bertz CT molecular complexity index is 1380. The molecule has 1 aliphatic rings. The number of nitrogens with one attached hydrogen (secondary N) is 3. The number of aromatic nitrogens is 3. The Morgan fingerprint density at radius 3 is 2.84 bits per heavy atom. The second kappa shape index (κ2) is 7.83. The van der Waals surface area contributed by atoms with Crippen molar-refractivity contribution in [3.63, 3.8) is 0 Å². The van der Waals surface area contributed by atoms with Gasteiger partial charge in [0.15, 0.2) is 0 Å². The van der Waals surface area contributed by atoms with Crippen LogP contribution < -0.4 is 16.2 Å². The second-order valence-electron chi connectivity index (χ2n) is 8.10. The van der Waals surface area contributed by atoms with Gasteiger partial charge in [0.1, 0.15) is 11.3 Å². The molecule has 9 heteroatoms. The van der Waals surface area contributed by atoms with Crippen molar-refractivity contribution < 1.29 is 13.6 Å². The first-order valence-electron chi connectivity index (χ1n) is 10.3. The van der Waals surface area contributed by atoms with Crippen LogP contribution >= 0.6 is 0 Å². The van der Waals surface area contributed by atoms with Crippen LogP contribution in [0.5, 0.6) is 0 Å². The molecule has 1 aliphatic carbocycles. The SMILES string of the molecule is O=C(NCc1ccc2cc(CNCC3CC3(F)F)[nH]c2c1)c1cc(=O)n2ccccc2n1. The second-order valence-corrected chi connectivity index (χ2v) is 8.10. The summed E-state index contributed by atoms with van der Waals surface area (Å²) in [5, 5.41) is 6.86. The molecule has 1 atom stereocenters. The first-order chi connectivity index (χ1) is 15.4. The van der Waals surface area contributed by atoms with Crippen LogP contribution in [0.2, 0.25) is 0 Å². The minimum Gasteiger partial charge on any atom is -0.357 e. The third-order valence-electron chi connectivity index (χ3n) is 5.66. The van der Waals surface area contributed by atoms with Gasteiger partial charge in [-0.1, -0.05) is 18.2 Å². The molecule has 7 nitrogen and oxygen atoms in total. The number of hydrogen-bond acceptors (Lipinski definition) is 4. The standard InChI is InChI=1S/C23H21F2N5O2/c24-23(25)10-16(23)12-26-13-17-8-15-5-4-14(7-18(15)28-17)11-27-22(32)19-9-21(31)30-6-2-1-3-20(30)29-19/h1-9,16,26,28H,10-13H2,(H,27,32). The van der Waals surface area contributed by atoms with Gasteiger partial charge in [-0.05, 0) is 35.2 Å². The van der Waals surface area contributed by atoms with Gasteiger partial charge < -0.3 is 15.6 Å². The van der Waals surface area contributed by atoms with Crippen LogP contribution in [0.1, 0.15) is 28.2 Å². The molecule has 1 saturated carbocycles. The van der Waals surface area contributed by atoms with Crippen molar-refractivity contribution in [3.8, 4) is 0 Å². The van der Waals surface area contributed by atoms with Gasteiger partial charge in [-0.2, -0.15) is 0 Å². The zero-order valence-corrected chi connectivity index (χ0v) is 17.1. The number of benzene rings is 1. The van der Waals surface area contributed by atoms with Crippen molar-refractivity contribution in [2.24, 2.45) is 5.92 Å². The minimum atomic E-state index is -2.51. The van der Waals surface area contributed by atoms with Crippen molar-refractivity contribution in [1.29, 1.82) is 0 Å². The lowest BCUT2D eigenvalue weighted by Gasteiger charge is -2.06. The summed E-state index contributed by atoms with van der Waals surface area (Å²) in [6.07, 6.45) is 1.56. The van der Waals surface area contributed by atoms with Gasteiger partial charge >= 0.3 is 0 Å². The number of pyridine rings is 1. The maximum atomic E-state index is 13.0. The molecular formula is C23H21F2N5O2.